The monoisotopic (exact) mass is 179 g/mol. The van der Waals surface area contributed by atoms with Crippen LogP contribution < -0.4 is 5.73 Å². The van der Waals surface area contributed by atoms with E-state index in [1.807, 2.05) is 44.2 Å². The van der Waals surface area contributed by atoms with Crippen LogP contribution in [0.1, 0.15) is 25.5 Å². The Bertz CT molecular complexity index is 246. The Kier molecular flexibility index (Phi) is 3.46. The van der Waals surface area contributed by atoms with Crippen molar-refractivity contribution in [2.24, 2.45) is 11.7 Å². The van der Waals surface area contributed by atoms with Crippen LogP contribution in [-0.2, 0) is 0 Å². The Hall–Kier alpha value is -0.860. The van der Waals surface area contributed by atoms with Crippen molar-refractivity contribution < 1.29 is 5.11 Å². The summed E-state index contributed by atoms with van der Waals surface area (Å²) >= 11 is 0. The van der Waals surface area contributed by atoms with E-state index in [9.17, 15) is 5.11 Å². The molecule has 0 amide bonds. The summed E-state index contributed by atoms with van der Waals surface area (Å²) in [5.41, 5.74) is 6.88. The quantitative estimate of drug-likeness (QED) is 0.742. The Morgan fingerprint density at radius 1 is 1.15 bits per heavy atom. The van der Waals surface area contributed by atoms with Crippen molar-refractivity contribution in [3.05, 3.63) is 35.9 Å². The summed E-state index contributed by atoms with van der Waals surface area (Å²) in [6, 6.07) is 9.41. The third-order valence-corrected chi connectivity index (χ3v) is 2.24. The summed E-state index contributed by atoms with van der Waals surface area (Å²) < 4.78 is 0. The molecule has 0 aliphatic heterocycles. The maximum Gasteiger partial charge on any atom is 0.0755 e. The molecule has 2 nitrogen and oxygen atoms in total. The molecule has 1 aromatic carbocycles. The van der Waals surface area contributed by atoms with Crippen LogP contribution in [0.3, 0.4) is 0 Å². The molecule has 13 heavy (non-hydrogen) atoms. The van der Waals surface area contributed by atoms with Gasteiger partial charge in [0.05, 0.1) is 12.1 Å². The molecule has 0 fully saturated rings. The summed E-state index contributed by atoms with van der Waals surface area (Å²) in [6.07, 6.45) is -0.470. The van der Waals surface area contributed by atoms with E-state index in [0.29, 0.717) is 0 Å². The van der Waals surface area contributed by atoms with Crippen molar-refractivity contribution in [2.45, 2.75) is 26.0 Å². The second kappa shape index (κ2) is 4.40. The van der Waals surface area contributed by atoms with Crippen LogP contribution in [0.15, 0.2) is 30.3 Å². The van der Waals surface area contributed by atoms with Crippen LogP contribution in [0.5, 0.6) is 0 Å². The smallest absolute Gasteiger partial charge is 0.0755 e. The van der Waals surface area contributed by atoms with E-state index in [1.165, 1.54) is 0 Å². The predicted octanol–water partition coefficient (Wildman–Crippen LogP) is 1.70. The zero-order valence-corrected chi connectivity index (χ0v) is 8.14. The number of aliphatic hydroxyl groups excluding tert-OH is 1. The molecular formula is C11H17NO. The minimum Gasteiger partial charge on any atom is -0.391 e. The topological polar surface area (TPSA) is 46.2 Å². The average Bonchev–Trinajstić information content (AvgIpc) is 2.17. The fourth-order valence-corrected chi connectivity index (χ4v) is 1.29. The molecule has 72 valence electrons. The van der Waals surface area contributed by atoms with E-state index >= 15 is 0 Å². The number of hydrogen-bond donors (Lipinski definition) is 2. The molecule has 1 aromatic rings. The van der Waals surface area contributed by atoms with E-state index in [2.05, 4.69) is 0 Å². The Labute approximate surface area is 79.4 Å². The van der Waals surface area contributed by atoms with Crippen molar-refractivity contribution in [1.29, 1.82) is 0 Å². The fourth-order valence-electron chi connectivity index (χ4n) is 1.29. The highest BCUT2D eigenvalue weighted by Gasteiger charge is 2.19. The number of rotatable bonds is 3. The van der Waals surface area contributed by atoms with Gasteiger partial charge >= 0.3 is 0 Å². The van der Waals surface area contributed by atoms with Crippen LogP contribution in [0.2, 0.25) is 0 Å². The SMILES string of the molecule is CC(C)[C@@H](O)[C@H](N)c1ccccc1. The second-order valence-corrected chi connectivity index (χ2v) is 3.67. The Balaban J connectivity index is 2.73. The number of benzene rings is 1. The third-order valence-electron chi connectivity index (χ3n) is 2.24. The van der Waals surface area contributed by atoms with E-state index in [1.54, 1.807) is 0 Å². The highest BCUT2D eigenvalue weighted by Crippen LogP contribution is 2.18. The van der Waals surface area contributed by atoms with Crippen LogP contribution in [-0.4, -0.2) is 11.2 Å². The minimum absolute atomic E-state index is 0.190. The lowest BCUT2D eigenvalue weighted by atomic mass is 9.95. The number of hydrogen-bond acceptors (Lipinski definition) is 2. The molecule has 0 radical (unpaired) electrons. The normalized spacial score (nSPS) is 15.8. The summed E-state index contributed by atoms with van der Waals surface area (Å²) in [5.74, 6) is 0.190. The predicted molar refractivity (Wildman–Crippen MR) is 54.2 cm³/mol. The van der Waals surface area contributed by atoms with Crippen molar-refractivity contribution in [1.82, 2.24) is 0 Å². The van der Waals surface area contributed by atoms with E-state index in [4.69, 9.17) is 5.73 Å². The highest BCUT2D eigenvalue weighted by atomic mass is 16.3. The molecule has 1 rings (SSSR count). The van der Waals surface area contributed by atoms with Gasteiger partial charge in [-0.2, -0.15) is 0 Å². The van der Waals surface area contributed by atoms with Gasteiger partial charge in [0.15, 0.2) is 0 Å². The highest BCUT2D eigenvalue weighted by molar-refractivity contribution is 5.19. The zero-order chi connectivity index (χ0) is 9.84. The lowest BCUT2D eigenvalue weighted by Gasteiger charge is -2.22. The standard InChI is InChI=1S/C11H17NO/c1-8(2)11(13)10(12)9-6-4-3-5-7-9/h3-8,10-11,13H,12H2,1-2H3/t10-,11-/m1/s1. The fraction of sp³-hybridized carbons (Fsp3) is 0.455. The zero-order valence-electron chi connectivity index (χ0n) is 8.14. The molecule has 0 aliphatic carbocycles. The summed E-state index contributed by atoms with van der Waals surface area (Å²) in [6.45, 7) is 3.93. The molecule has 2 atom stereocenters. The molecule has 0 spiro atoms. The van der Waals surface area contributed by atoms with E-state index in [0.717, 1.165) is 5.56 Å². The number of nitrogens with two attached hydrogens (primary N) is 1. The third kappa shape index (κ3) is 2.54. The van der Waals surface area contributed by atoms with Crippen molar-refractivity contribution in [2.75, 3.05) is 0 Å². The van der Waals surface area contributed by atoms with Crippen LogP contribution >= 0.6 is 0 Å². The van der Waals surface area contributed by atoms with Gasteiger partial charge < -0.3 is 10.8 Å². The molecule has 0 aromatic heterocycles. The Morgan fingerprint density at radius 2 is 1.69 bits per heavy atom. The van der Waals surface area contributed by atoms with E-state index in [-0.39, 0.29) is 12.0 Å². The first kappa shape index (κ1) is 10.2. The van der Waals surface area contributed by atoms with Gasteiger partial charge in [0, 0.05) is 0 Å². The lowest BCUT2D eigenvalue weighted by molar-refractivity contribution is 0.0979. The first-order valence-corrected chi connectivity index (χ1v) is 4.61. The maximum atomic E-state index is 9.72. The lowest BCUT2D eigenvalue weighted by Crippen LogP contribution is -2.30. The first-order chi connectivity index (χ1) is 6.13. The number of aliphatic hydroxyl groups is 1. The van der Waals surface area contributed by atoms with Crippen molar-refractivity contribution in [3.63, 3.8) is 0 Å². The summed E-state index contributed by atoms with van der Waals surface area (Å²) in [4.78, 5) is 0. The summed E-state index contributed by atoms with van der Waals surface area (Å²) in [5, 5.41) is 9.72. The maximum absolute atomic E-state index is 9.72. The Morgan fingerprint density at radius 3 is 2.15 bits per heavy atom. The van der Waals surface area contributed by atoms with Gasteiger partial charge in [0.25, 0.3) is 0 Å². The molecule has 0 saturated heterocycles. The van der Waals surface area contributed by atoms with Crippen LogP contribution in [0.25, 0.3) is 0 Å². The first-order valence-electron chi connectivity index (χ1n) is 4.61. The molecule has 0 saturated carbocycles. The molecule has 0 bridgehead atoms. The minimum atomic E-state index is -0.470. The van der Waals surface area contributed by atoms with Gasteiger partial charge in [-0.1, -0.05) is 44.2 Å². The van der Waals surface area contributed by atoms with Gasteiger partial charge in [-0.05, 0) is 11.5 Å². The molecule has 0 heterocycles. The van der Waals surface area contributed by atoms with Gasteiger partial charge in [0.2, 0.25) is 0 Å². The van der Waals surface area contributed by atoms with Gasteiger partial charge in [-0.3, -0.25) is 0 Å². The van der Waals surface area contributed by atoms with Crippen molar-refractivity contribution in [3.8, 4) is 0 Å². The second-order valence-electron chi connectivity index (χ2n) is 3.67. The largest absolute Gasteiger partial charge is 0.391 e. The van der Waals surface area contributed by atoms with E-state index < -0.39 is 6.10 Å². The molecular weight excluding hydrogens is 162 g/mol. The van der Waals surface area contributed by atoms with Gasteiger partial charge in [0.1, 0.15) is 0 Å². The van der Waals surface area contributed by atoms with Gasteiger partial charge in [-0.25, -0.2) is 0 Å². The van der Waals surface area contributed by atoms with Gasteiger partial charge in [-0.15, -0.1) is 0 Å². The van der Waals surface area contributed by atoms with Crippen LogP contribution in [0.4, 0.5) is 0 Å². The van der Waals surface area contributed by atoms with Crippen LogP contribution in [0, 0.1) is 5.92 Å². The molecule has 0 aliphatic rings. The molecule has 0 unspecified atom stereocenters. The van der Waals surface area contributed by atoms with Crippen molar-refractivity contribution >= 4 is 0 Å². The summed E-state index contributed by atoms with van der Waals surface area (Å²) in [7, 11) is 0. The average molecular weight is 179 g/mol. The molecule has 3 N–H and O–H groups in total. The molecule has 2 heteroatoms.